The monoisotopic (exact) mass is 346 g/mol. The molecule has 2 aromatic rings. The third-order valence-electron chi connectivity index (χ3n) is 4.69. The van der Waals surface area contributed by atoms with Crippen molar-refractivity contribution in [2.24, 2.45) is 11.7 Å². The number of hydrogen-bond donors (Lipinski definition) is 3. The molecule has 0 spiro atoms. The van der Waals surface area contributed by atoms with Gasteiger partial charge in [-0.05, 0) is 24.5 Å². The molecule has 4 N–H and O–H groups in total. The van der Waals surface area contributed by atoms with Crippen molar-refractivity contribution in [3.8, 4) is 0 Å². The fraction of sp³-hybridized carbons (Fsp3) is 0.471. The van der Waals surface area contributed by atoms with Crippen LogP contribution in [0.5, 0.6) is 0 Å². The number of pyridine rings is 1. The van der Waals surface area contributed by atoms with Crippen LogP contribution in [0.1, 0.15) is 18.4 Å². The van der Waals surface area contributed by atoms with E-state index in [-0.39, 0.29) is 31.2 Å². The minimum Gasteiger partial charge on any atom is -0.480 e. The summed E-state index contributed by atoms with van der Waals surface area (Å²) in [5.74, 6) is -1.32. The molecule has 1 fully saturated rings. The van der Waals surface area contributed by atoms with Gasteiger partial charge in [0, 0.05) is 44.0 Å². The Kier molecular flexibility index (Phi) is 5.00. The van der Waals surface area contributed by atoms with E-state index in [4.69, 9.17) is 10.8 Å². The average Bonchev–Trinajstić information content (AvgIpc) is 3.18. The second-order valence-corrected chi connectivity index (χ2v) is 6.54. The van der Waals surface area contributed by atoms with E-state index >= 15 is 0 Å². The molecule has 0 aliphatic carbocycles. The van der Waals surface area contributed by atoms with Crippen LogP contribution >= 0.6 is 0 Å². The number of nitrogens with zero attached hydrogens (tertiary/aromatic N) is 3. The molecule has 8 heteroatoms. The van der Waals surface area contributed by atoms with Gasteiger partial charge in [0.2, 0.25) is 5.91 Å². The van der Waals surface area contributed by atoms with E-state index in [1.807, 2.05) is 28.9 Å². The first-order valence-electron chi connectivity index (χ1n) is 8.30. The highest BCUT2D eigenvalue weighted by molar-refractivity contribution is 5.78. The lowest BCUT2D eigenvalue weighted by Crippen LogP contribution is -2.34. The predicted octanol–water partition coefficient (Wildman–Crippen LogP) is -0.112. The van der Waals surface area contributed by atoms with Crippen molar-refractivity contribution in [3.05, 3.63) is 36.3 Å². The summed E-state index contributed by atoms with van der Waals surface area (Å²) < 4.78 is 1.92. The van der Waals surface area contributed by atoms with Gasteiger partial charge in [0.05, 0.1) is 6.10 Å². The fourth-order valence-electron chi connectivity index (χ4n) is 3.21. The van der Waals surface area contributed by atoms with Gasteiger partial charge in [-0.1, -0.05) is 6.07 Å². The van der Waals surface area contributed by atoms with Crippen molar-refractivity contribution >= 4 is 17.5 Å². The Labute approximate surface area is 144 Å². The number of aliphatic hydroxyl groups is 1. The molecule has 1 amide bonds. The molecule has 0 radical (unpaired) electrons. The maximum absolute atomic E-state index is 12.2. The highest BCUT2D eigenvalue weighted by Crippen LogP contribution is 2.23. The van der Waals surface area contributed by atoms with Crippen molar-refractivity contribution in [3.63, 3.8) is 0 Å². The normalized spacial score (nSPS) is 21.6. The number of aromatic nitrogens is 2. The molecule has 2 aromatic heterocycles. The van der Waals surface area contributed by atoms with Crippen LogP contribution in [0, 0.1) is 5.92 Å². The standard InChI is InChI=1S/C17H22N4O4/c18-13(17(24)25)2-4-16(23)21-9-12(14(22)10-21)7-11-1-3-15-19-5-6-20(15)8-11/h1,3,5-6,8,12-14,22H,2,4,7,9-10,18H2,(H,24,25)/t12-,13-,14+/m0/s1. The second-order valence-electron chi connectivity index (χ2n) is 6.54. The van der Waals surface area contributed by atoms with Crippen LogP contribution in [-0.4, -0.2) is 61.6 Å². The average molecular weight is 346 g/mol. The van der Waals surface area contributed by atoms with Crippen LogP contribution in [0.15, 0.2) is 30.7 Å². The summed E-state index contributed by atoms with van der Waals surface area (Å²) in [6.45, 7) is 0.739. The van der Waals surface area contributed by atoms with E-state index in [0.29, 0.717) is 13.0 Å². The molecule has 3 rings (SSSR count). The summed E-state index contributed by atoms with van der Waals surface area (Å²) in [5.41, 5.74) is 7.36. The number of aliphatic carboxylic acids is 1. The van der Waals surface area contributed by atoms with Gasteiger partial charge in [0.1, 0.15) is 11.7 Å². The van der Waals surface area contributed by atoms with Gasteiger partial charge in [-0.25, -0.2) is 4.98 Å². The summed E-state index contributed by atoms with van der Waals surface area (Å²) in [5, 5.41) is 19.0. The summed E-state index contributed by atoms with van der Waals surface area (Å²) in [7, 11) is 0. The molecule has 1 aliphatic rings. The van der Waals surface area contributed by atoms with Gasteiger partial charge >= 0.3 is 5.97 Å². The number of imidazole rings is 1. The molecular weight excluding hydrogens is 324 g/mol. The van der Waals surface area contributed by atoms with Crippen molar-refractivity contribution in [1.29, 1.82) is 0 Å². The van der Waals surface area contributed by atoms with Crippen LogP contribution < -0.4 is 5.73 Å². The Hall–Kier alpha value is -2.45. The van der Waals surface area contributed by atoms with E-state index in [1.54, 1.807) is 11.1 Å². The Balaban J connectivity index is 1.57. The number of likely N-dealkylation sites (tertiary alicyclic amines) is 1. The zero-order valence-electron chi connectivity index (χ0n) is 13.8. The number of rotatable bonds is 6. The van der Waals surface area contributed by atoms with Crippen LogP contribution in [0.3, 0.4) is 0 Å². The second kappa shape index (κ2) is 7.20. The molecule has 8 nitrogen and oxygen atoms in total. The number of carbonyl (C=O) groups excluding carboxylic acids is 1. The molecule has 3 atom stereocenters. The van der Waals surface area contributed by atoms with E-state index < -0.39 is 18.1 Å². The van der Waals surface area contributed by atoms with Crippen molar-refractivity contribution in [2.75, 3.05) is 13.1 Å². The highest BCUT2D eigenvalue weighted by atomic mass is 16.4. The Morgan fingerprint density at radius 2 is 2.16 bits per heavy atom. The third-order valence-corrected chi connectivity index (χ3v) is 4.69. The minimum absolute atomic E-state index is 0.0435. The number of carbonyl (C=O) groups is 2. The SMILES string of the molecule is N[C@@H](CCC(=O)N1C[C@H](Cc2ccc3nccn3c2)[C@H](O)C1)C(=O)O. The Bertz CT molecular complexity index is 775. The van der Waals surface area contributed by atoms with Gasteiger partial charge in [0.25, 0.3) is 0 Å². The maximum Gasteiger partial charge on any atom is 0.320 e. The smallest absolute Gasteiger partial charge is 0.320 e. The van der Waals surface area contributed by atoms with Crippen molar-refractivity contribution in [2.45, 2.75) is 31.4 Å². The molecule has 0 bridgehead atoms. The third kappa shape index (κ3) is 3.97. The topological polar surface area (TPSA) is 121 Å². The predicted molar refractivity (Wildman–Crippen MR) is 89.8 cm³/mol. The Morgan fingerprint density at radius 1 is 1.36 bits per heavy atom. The number of amides is 1. The molecule has 0 saturated carbocycles. The van der Waals surface area contributed by atoms with E-state index in [9.17, 15) is 14.7 Å². The van der Waals surface area contributed by atoms with Crippen LogP contribution in [-0.2, 0) is 16.0 Å². The largest absolute Gasteiger partial charge is 0.480 e. The number of nitrogens with two attached hydrogens (primary N) is 1. The lowest BCUT2D eigenvalue weighted by molar-refractivity contribution is -0.139. The summed E-state index contributed by atoms with van der Waals surface area (Å²) in [4.78, 5) is 28.7. The van der Waals surface area contributed by atoms with Crippen LogP contribution in [0.4, 0.5) is 0 Å². The minimum atomic E-state index is -1.11. The molecule has 1 saturated heterocycles. The van der Waals surface area contributed by atoms with Gasteiger partial charge in [0.15, 0.2) is 0 Å². The van der Waals surface area contributed by atoms with Gasteiger partial charge in [-0.2, -0.15) is 0 Å². The van der Waals surface area contributed by atoms with Gasteiger partial charge in [-0.15, -0.1) is 0 Å². The summed E-state index contributed by atoms with van der Waals surface area (Å²) in [6, 6.07) is 2.87. The van der Waals surface area contributed by atoms with Gasteiger partial charge < -0.3 is 25.2 Å². The molecule has 0 unspecified atom stereocenters. The Morgan fingerprint density at radius 3 is 2.92 bits per heavy atom. The number of aliphatic hydroxyl groups excluding tert-OH is 1. The molecule has 134 valence electrons. The number of hydrogen-bond acceptors (Lipinski definition) is 5. The van der Waals surface area contributed by atoms with Crippen LogP contribution in [0.2, 0.25) is 0 Å². The molecule has 25 heavy (non-hydrogen) atoms. The van der Waals surface area contributed by atoms with Crippen molar-refractivity contribution < 1.29 is 19.8 Å². The van der Waals surface area contributed by atoms with Gasteiger partial charge in [-0.3, -0.25) is 9.59 Å². The summed E-state index contributed by atoms with van der Waals surface area (Å²) >= 11 is 0. The zero-order chi connectivity index (χ0) is 18.0. The maximum atomic E-state index is 12.2. The zero-order valence-corrected chi connectivity index (χ0v) is 13.8. The fourth-order valence-corrected chi connectivity index (χ4v) is 3.21. The van der Waals surface area contributed by atoms with E-state index in [0.717, 1.165) is 11.2 Å². The number of carboxylic acids is 1. The quantitative estimate of drug-likeness (QED) is 0.671. The number of β-amino-alcohol motifs (C(OH)–C–C–N with tert-alkyl or cyclic N) is 1. The first kappa shape index (κ1) is 17.4. The lowest BCUT2D eigenvalue weighted by Gasteiger charge is -2.17. The van der Waals surface area contributed by atoms with Crippen LogP contribution in [0.25, 0.3) is 5.65 Å². The van der Waals surface area contributed by atoms with E-state index in [2.05, 4.69) is 4.98 Å². The first-order valence-corrected chi connectivity index (χ1v) is 8.30. The summed E-state index contributed by atoms with van der Waals surface area (Å²) in [6.07, 6.45) is 5.82. The van der Waals surface area contributed by atoms with E-state index in [1.165, 1.54) is 0 Å². The lowest BCUT2D eigenvalue weighted by atomic mass is 9.98. The molecule has 0 aromatic carbocycles. The molecule has 1 aliphatic heterocycles. The first-order chi connectivity index (χ1) is 11.9. The highest BCUT2D eigenvalue weighted by Gasteiger charge is 2.34. The van der Waals surface area contributed by atoms with Crippen molar-refractivity contribution in [1.82, 2.24) is 14.3 Å². The number of carboxylic acid groups (broad SMARTS) is 1. The molecule has 3 heterocycles. The molecular formula is C17H22N4O4. The number of fused-ring (bicyclic) bond motifs is 1.